The van der Waals surface area contributed by atoms with E-state index in [4.69, 9.17) is 10.3 Å². The summed E-state index contributed by atoms with van der Waals surface area (Å²) in [6.45, 7) is 4.45. The Bertz CT molecular complexity index is 554. The fraction of sp³-hybridized carbons (Fsp3) is 0.455. The van der Waals surface area contributed by atoms with Crippen LogP contribution in [0.5, 0.6) is 0 Å². The first-order valence-corrected chi connectivity index (χ1v) is 5.87. The van der Waals surface area contributed by atoms with E-state index in [1.165, 1.54) is 4.68 Å². The molecule has 3 N–H and O–H groups in total. The van der Waals surface area contributed by atoms with Gasteiger partial charge in [0.15, 0.2) is 0 Å². The summed E-state index contributed by atoms with van der Waals surface area (Å²) in [5.41, 5.74) is 7.75. The zero-order valence-electron chi connectivity index (χ0n) is 10.9. The normalized spacial score (nSPS) is 10.7. The summed E-state index contributed by atoms with van der Waals surface area (Å²) in [5, 5.41) is 14.2. The zero-order valence-corrected chi connectivity index (χ0v) is 10.9. The molecule has 8 nitrogen and oxygen atoms in total. The highest BCUT2D eigenvalue weighted by atomic mass is 16.5. The molecule has 0 spiro atoms. The van der Waals surface area contributed by atoms with E-state index in [0.717, 1.165) is 11.3 Å². The molecule has 8 heteroatoms. The third-order valence-electron chi connectivity index (χ3n) is 2.74. The lowest BCUT2D eigenvalue weighted by Gasteiger charge is -2.04. The van der Waals surface area contributed by atoms with Crippen molar-refractivity contribution in [2.75, 3.05) is 0 Å². The van der Waals surface area contributed by atoms with E-state index >= 15 is 0 Å². The van der Waals surface area contributed by atoms with Gasteiger partial charge in [-0.2, -0.15) is 0 Å². The van der Waals surface area contributed by atoms with Crippen LogP contribution in [0.2, 0.25) is 0 Å². The molecule has 19 heavy (non-hydrogen) atoms. The third kappa shape index (κ3) is 3.16. The van der Waals surface area contributed by atoms with Crippen molar-refractivity contribution >= 4 is 5.91 Å². The van der Waals surface area contributed by atoms with Crippen LogP contribution in [0.4, 0.5) is 0 Å². The number of aromatic nitrogens is 4. The number of carbonyl (C=O) groups is 1. The van der Waals surface area contributed by atoms with Crippen LogP contribution in [0.25, 0.3) is 0 Å². The van der Waals surface area contributed by atoms with Gasteiger partial charge in [0, 0.05) is 18.7 Å². The predicted molar refractivity (Wildman–Crippen MR) is 65.7 cm³/mol. The molecule has 0 fully saturated rings. The average Bonchev–Trinajstić information content (AvgIpc) is 2.95. The first kappa shape index (κ1) is 13.2. The van der Waals surface area contributed by atoms with Crippen LogP contribution in [-0.4, -0.2) is 26.1 Å². The van der Waals surface area contributed by atoms with E-state index in [2.05, 4.69) is 20.8 Å². The monoisotopic (exact) mass is 264 g/mol. The van der Waals surface area contributed by atoms with Crippen LogP contribution in [0.15, 0.2) is 10.7 Å². The van der Waals surface area contributed by atoms with Crippen molar-refractivity contribution in [3.8, 4) is 0 Å². The summed E-state index contributed by atoms with van der Waals surface area (Å²) in [4.78, 5) is 11.7. The van der Waals surface area contributed by atoms with Crippen molar-refractivity contribution in [1.29, 1.82) is 0 Å². The number of hydrogen-bond acceptors (Lipinski definition) is 6. The summed E-state index contributed by atoms with van der Waals surface area (Å²) in [5.74, 6) is 0.553. The van der Waals surface area contributed by atoms with Gasteiger partial charge >= 0.3 is 0 Å². The van der Waals surface area contributed by atoms with Crippen LogP contribution in [0.3, 0.4) is 0 Å². The molecular weight excluding hydrogens is 248 g/mol. The summed E-state index contributed by atoms with van der Waals surface area (Å²) >= 11 is 0. The van der Waals surface area contributed by atoms with Gasteiger partial charge in [0.2, 0.25) is 5.91 Å². The molecule has 0 aromatic carbocycles. The smallest absolute Gasteiger partial charge is 0.242 e. The van der Waals surface area contributed by atoms with Gasteiger partial charge in [0.1, 0.15) is 12.3 Å². The molecule has 0 bridgehead atoms. The fourth-order valence-corrected chi connectivity index (χ4v) is 1.65. The number of rotatable bonds is 5. The second-order valence-electron chi connectivity index (χ2n) is 4.19. The van der Waals surface area contributed by atoms with Crippen LogP contribution >= 0.6 is 0 Å². The van der Waals surface area contributed by atoms with Crippen LogP contribution in [0, 0.1) is 13.8 Å². The van der Waals surface area contributed by atoms with E-state index in [-0.39, 0.29) is 12.5 Å². The molecule has 102 valence electrons. The maximum absolute atomic E-state index is 11.7. The van der Waals surface area contributed by atoms with Crippen LogP contribution < -0.4 is 11.1 Å². The lowest BCUT2D eigenvalue weighted by molar-refractivity contribution is -0.122. The van der Waals surface area contributed by atoms with Gasteiger partial charge in [-0.05, 0) is 13.8 Å². The Morgan fingerprint density at radius 2 is 2.32 bits per heavy atom. The minimum atomic E-state index is -0.159. The number of nitrogens with one attached hydrogen (secondary N) is 1. The lowest BCUT2D eigenvalue weighted by Crippen LogP contribution is -2.27. The number of aryl methyl sites for hydroxylation is 2. The quantitative estimate of drug-likeness (QED) is 0.764. The number of nitrogens with two attached hydrogens (primary N) is 1. The van der Waals surface area contributed by atoms with E-state index in [0.29, 0.717) is 24.5 Å². The Labute approximate surface area is 109 Å². The minimum Gasteiger partial charge on any atom is -0.361 e. The summed E-state index contributed by atoms with van der Waals surface area (Å²) < 4.78 is 6.47. The van der Waals surface area contributed by atoms with E-state index in [1.54, 1.807) is 6.20 Å². The van der Waals surface area contributed by atoms with Crippen molar-refractivity contribution in [1.82, 2.24) is 25.5 Å². The van der Waals surface area contributed by atoms with Crippen molar-refractivity contribution in [2.45, 2.75) is 33.5 Å². The summed E-state index contributed by atoms with van der Waals surface area (Å²) in [6, 6.07) is 0. The predicted octanol–water partition coefficient (Wildman–Crippen LogP) is -0.342. The molecular formula is C11H16N6O2. The molecule has 0 saturated heterocycles. The molecule has 2 aromatic heterocycles. The van der Waals surface area contributed by atoms with E-state index in [9.17, 15) is 4.79 Å². The van der Waals surface area contributed by atoms with Crippen molar-refractivity contribution in [2.24, 2.45) is 5.73 Å². The molecule has 0 radical (unpaired) electrons. The Hall–Kier alpha value is -2.22. The highest BCUT2D eigenvalue weighted by Gasteiger charge is 2.11. The van der Waals surface area contributed by atoms with Crippen molar-refractivity contribution < 1.29 is 9.32 Å². The van der Waals surface area contributed by atoms with Gasteiger partial charge in [-0.3, -0.25) is 4.79 Å². The van der Waals surface area contributed by atoms with Crippen LogP contribution in [0.1, 0.15) is 22.7 Å². The standard InChI is InChI=1S/C11H16N6O2/c1-7-10(8(2)19-15-7)4-13-11(18)6-17-5-9(3-12)14-16-17/h5H,3-4,6,12H2,1-2H3,(H,13,18). The maximum Gasteiger partial charge on any atom is 0.242 e. The molecule has 0 atom stereocenters. The Kier molecular flexibility index (Phi) is 3.91. The molecule has 0 aliphatic carbocycles. The first-order valence-electron chi connectivity index (χ1n) is 5.87. The molecule has 2 heterocycles. The van der Waals surface area contributed by atoms with Crippen LogP contribution in [-0.2, 0) is 24.4 Å². The zero-order chi connectivity index (χ0) is 13.8. The lowest BCUT2D eigenvalue weighted by atomic mass is 10.2. The average molecular weight is 264 g/mol. The van der Waals surface area contributed by atoms with E-state index in [1.807, 2.05) is 13.8 Å². The number of carbonyl (C=O) groups excluding carboxylic acids is 1. The molecule has 0 saturated carbocycles. The molecule has 1 amide bonds. The topological polar surface area (TPSA) is 112 Å². The molecule has 0 aliphatic heterocycles. The second-order valence-corrected chi connectivity index (χ2v) is 4.19. The largest absolute Gasteiger partial charge is 0.361 e. The highest BCUT2D eigenvalue weighted by Crippen LogP contribution is 2.11. The van der Waals surface area contributed by atoms with Gasteiger partial charge in [0.25, 0.3) is 0 Å². The molecule has 0 aliphatic rings. The maximum atomic E-state index is 11.7. The van der Waals surface area contributed by atoms with Crippen molar-refractivity contribution in [3.63, 3.8) is 0 Å². The first-order chi connectivity index (χ1) is 9.10. The fourth-order valence-electron chi connectivity index (χ4n) is 1.65. The Morgan fingerprint density at radius 3 is 2.89 bits per heavy atom. The van der Waals surface area contributed by atoms with Gasteiger partial charge < -0.3 is 15.6 Å². The summed E-state index contributed by atoms with van der Waals surface area (Å²) in [7, 11) is 0. The molecule has 2 rings (SSSR count). The second kappa shape index (κ2) is 5.61. The van der Waals surface area contributed by atoms with Gasteiger partial charge in [0.05, 0.1) is 17.6 Å². The number of amides is 1. The Morgan fingerprint density at radius 1 is 1.53 bits per heavy atom. The minimum absolute atomic E-state index is 0.108. The SMILES string of the molecule is Cc1noc(C)c1CNC(=O)Cn1cc(CN)nn1. The third-order valence-corrected chi connectivity index (χ3v) is 2.74. The molecule has 0 unspecified atom stereocenters. The van der Waals surface area contributed by atoms with Gasteiger partial charge in [-0.1, -0.05) is 10.4 Å². The Balaban J connectivity index is 1.88. The van der Waals surface area contributed by atoms with Gasteiger partial charge in [-0.15, -0.1) is 5.10 Å². The highest BCUT2D eigenvalue weighted by molar-refractivity contribution is 5.75. The number of hydrogen-bond donors (Lipinski definition) is 2. The molecule has 2 aromatic rings. The van der Waals surface area contributed by atoms with Crippen molar-refractivity contribution in [3.05, 3.63) is 28.9 Å². The van der Waals surface area contributed by atoms with E-state index < -0.39 is 0 Å². The summed E-state index contributed by atoms with van der Waals surface area (Å²) in [6.07, 6.45) is 1.65. The van der Waals surface area contributed by atoms with Gasteiger partial charge in [-0.25, -0.2) is 4.68 Å². The number of nitrogens with zero attached hydrogens (tertiary/aromatic N) is 4.